The Morgan fingerprint density at radius 1 is 1.36 bits per heavy atom. The number of aromatic nitrogens is 1. The fraction of sp³-hybridized carbons (Fsp3) is 0.500. The first-order valence-corrected chi connectivity index (χ1v) is 5.45. The van der Waals surface area contributed by atoms with Crippen LogP contribution in [0.25, 0.3) is 0 Å². The van der Waals surface area contributed by atoms with E-state index in [0.29, 0.717) is 5.15 Å². The normalized spacial score (nSPS) is 9.14. The van der Waals surface area contributed by atoms with Crippen LogP contribution in [0.5, 0.6) is 0 Å². The van der Waals surface area contributed by atoms with E-state index >= 15 is 0 Å². The molecule has 14 heavy (non-hydrogen) atoms. The zero-order valence-electron chi connectivity index (χ0n) is 8.14. The monoisotopic (exact) mass is 237 g/mol. The largest absolute Gasteiger partial charge is 0.242 e. The molecule has 0 aliphatic rings. The number of hydrogen-bond donors (Lipinski definition) is 0. The van der Waals surface area contributed by atoms with Crippen LogP contribution in [0.15, 0.2) is 18.3 Å². The van der Waals surface area contributed by atoms with Crippen molar-refractivity contribution >= 4 is 23.2 Å². The summed E-state index contributed by atoms with van der Waals surface area (Å²) >= 11 is 10.7. The molecule has 0 saturated heterocycles. The molecule has 0 bridgehead atoms. The standard InChI is InChI=1S/C5H3ClFN.C5H11Cl/c6-5-2-1-4(7)3-8-5;1-2-3-4-5-6/h1-3H;2-5H2,1H3. The van der Waals surface area contributed by atoms with E-state index in [9.17, 15) is 4.39 Å². The summed E-state index contributed by atoms with van der Waals surface area (Å²) < 4.78 is 12.0. The van der Waals surface area contributed by atoms with Crippen LogP contribution in [-0.2, 0) is 0 Å². The third-order valence-electron chi connectivity index (χ3n) is 1.43. The summed E-state index contributed by atoms with van der Waals surface area (Å²) in [7, 11) is 0. The van der Waals surface area contributed by atoms with E-state index in [1.807, 2.05) is 0 Å². The zero-order valence-corrected chi connectivity index (χ0v) is 9.65. The van der Waals surface area contributed by atoms with Crippen molar-refractivity contribution < 1.29 is 4.39 Å². The summed E-state index contributed by atoms with van der Waals surface area (Å²) in [6.45, 7) is 2.17. The number of unbranched alkanes of at least 4 members (excludes halogenated alkanes) is 2. The predicted octanol–water partition coefficient (Wildman–Crippen LogP) is 4.29. The molecular formula is C10H14Cl2FN. The van der Waals surface area contributed by atoms with Crippen LogP contribution in [-0.4, -0.2) is 10.9 Å². The van der Waals surface area contributed by atoms with Gasteiger partial charge < -0.3 is 0 Å². The summed E-state index contributed by atoms with van der Waals surface area (Å²) in [5.74, 6) is 0.461. The second kappa shape index (κ2) is 9.22. The predicted molar refractivity (Wildman–Crippen MR) is 59.5 cm³/mol. The van der Waals surface area contributed by atoms with E-state index in [0.717, 1.165) is 12.1 Å². The number of halogens is 3. The second-order valence-electron chi connectivity index (χ2n) is 2.70. The Morgan fingerprint density at radius 3 is 2.36 bits per heavy atom. The van der Waals surface area contributed by atoms with Gasteiger partial charge in [0.15, 0.2) is 0 Å². The van der Waals surface area contributed by atoms with Gasteiger partial charge in [0.2, 0.25) is 0 Å². The minimum absolute atomic E-state index is 0.311. The number of hydrogen-bond acceptors (Lipinski definition) is 1. The first kappa shape index (κ1) is 13.7. The summed E-state index contributed by atoms with van der Waals surface area (Å²) in [5.41, 5.74) is 0. The fourth-order valence-corrected chi connectivity index (χ4v) is 1.00. The van der Waals surface area contributed by atoms with Gasteiger partial charge in [-0.2, -0.15) is 0 Å². The third kappa shape index (κ3) is 8.27. The second-order valence-corrected chi connectivity index (χ2v) is 3.46. The van der Waals surface area contributed by atoms with Crippen molar-refractivity contribution in [2.75, 3.05) is 5.88 Å². The molecule has 0 saturated carbocycles. The minimum Gasteiger partial charge on any atom is -0.242 e. The van der Waals surface area contributed by atoms with Gasteiger partial charge in [0.1, 0.15) is 11.0 Å². The fourth-order valence-electron chi connectivity index (χ4n) is 0.702. The van der Waals surface area contributed by atoms with Crippen LogP contribution in [0.4, 0.5) is 4.39 Å². The summed E-state index contributed by atoms with van der Waals surface area (Å²) in [5, 5.41) is 0.311. The Balaban J connectivity index is 0.000000255. The molecule has 1 rings (SSSR count). The molecule has 0 amide bonds. The minimum atomic E-state index is -0.366. The van der Waals surface area contributed by atoms with Gasteiger partial charge in [-0.15, -0.1) is 11.6 Å². The molecule has 0 aromatic carbocycles. The van der Waals surface area contributed by atoms with Crippen molar-refractivity contribution in [1.82, 2.24) is 4.98 Å². The maximum Gasteiger partial charge on any atom is 0.141 e. The maximum atomic E-state index is 12.0. The van der Waals surface area contributed by atoms with E-state index in [1.165, 1.54) is 31.4 Å². The molecule has 1 aromatic heterocycles. The van der Waals surface area contributed by atoms with Gasteiger partial charge in [0.25, 0.3) is 0 Å². The highest BCUT2D eigenvalue weighted by Crippen LogP contribution is 2.02. The summed E-state index contributed by atoms with van der Waals surface area (Å²) in [4.78, 5) is 3.47. The van der Waals surface area contributed by atoms with E-state index in [-0.39, 0.29) is 5.82 Å². The van der Waals surface area contributed by atoms with Crippen molar-refractivity contribution in [3.8, 4) is 0 Å². The highest BCUT2D eigenvalue weighted by atomic mass is 35.5. The van der Waals surface area contributed by atoms with Crippen molar-refractivity contribution in [3.05, 3.63) is 29.3 Å². The van der Waals surface area contributed by atoms with Crippen molar-refractivity contribution in [2.45, 2.75) is 26.2 Å². The molecule has 1 heterocycles. The zero-order chi connectivity index (χ0) is 10.8. The van der Waals surface area contributed by atoms with E-state index in [1.54, 1.807) is 0 Å². The summed E-state index contributed by atoms with van der Waals surface area (Å²) in [6, 6.07) is 2.66. The molecule has 0 aliphatic carbocycles. The third-order valence-corrected chi connectivity index (χ3v) is 1.92. The Labute approximate surface area is 94.3 Å². The molecule has 0 atom stereocenters. The molecule has 0 spiro atoms. The highest BCUT2D eigenvalue weighted by molar-refractivity contribution is 6.29. The van der Waals surface area contributed by atoms with Gasteiger partial charge in [0, 0.05) is 5.88 Å². The molecule has 4 heteroatoms. The smallest absolute Gasteiger partial charge is 0.141 e. The Kier molecular flexibility index (Phi) is 9.00. The van der Waals surface area contributed by atoms with Crippen LogP contribution in [0.3, 0.4) is 0 Å². The van der Waals surface area contributed by atoms with Gasteiger partial charge in [-0.05, 0) is 18.6 Å². The van der Waals surface area contributed by atoms with Gasteiger partial charge in [-0.25, -0.2) is 9.37 Å². The first-order valence-electron chi connectivity index (χ1n) is 4.53. The number of rotatable bonds is 3. The van der Waals surface area contributed by atoms with Crippen molar-refractivity contribution in [3.63, 3.8) is 0 Å². The number of nitrogens with zero attached hydrogens (tertiary/aromatic N) is 1. The van der Waals surface area contributed by atoms with E-state index in [2.05, 4.69) is 11.9 Å². The van der Waals surface area contributed by atoms with Gasteiger partial charge in [0.05, 0.1) is 6.20 Å². The Morgan fingerprint density at radius 2 is 2.07 bits per heavy atom. The molecule has 0 unspecified atom stereocenters. The molecule has 0 fully saturated rings. The molecule has 1 aromatic rings. The SMILES string of the molecule is CCCCCCl.Fc1ccc(Cl)nc1. The number of pyridine rings is 1. The van der Waals surface area contributed by atoms with E-state index < -0.39 is 0 Å². The van der Waals surface area contributed by atoms with E-state index in [4.69, 9.17) is 23.2 Å². The van der Waals surface area contributed by atoms with Crippen LogP contribution in [0.1, 0.15) is 26.2 Å². The molecule has 0 aliphatic heterocycles. The molecule has 1 nitrogen and oxygen atoms in total. The van der Waals surface area contributed by atoms with Crippen LogP contribution in [0, 0.1) is 5.82 Å². The average Bonchev–Trinajstić information content (AvgIpc) is 2.20. The molecule has 0 N–H and O–H groups in total. The quantitative estimate of drug-likeness (QED) is 0.435. The lowest BCUT2D eigenvalue weighted by Crippen LogP contribution is -1.74. The average molecular weight is 238 g/mol. The number of alkyl halides is 1. The van der Waals surface area contributed by atoms with Crippen LogP contribution < -0.4 is 0 Å². The van der Waals surface area contributed by atoms with Gasteiger partial charge in [-0.3, -0.25) is 0 Å². The van der Waals surface area contributed by atoms with Crippen molar-refractivity contribution in [1.29, 1.82) is 0 Å². The van der Waals surface area contributed by atoms with Crippen LogP contribution >= 0.6 is 23.2 Å². The Bertz CT molecular complexity index is 201. The van der Waals surface area contributed by atoms with Gasteiger partial charge >= 0.3 is 0 Å². The first-order chi connectivity index (χ1) is 6.70. The molecular weight excluding hydrogens is 224 g/mol. The topological polar surface area (TPSA) is 12.9 Å². The Hall–Kier alpha value is -0.340. The maximum absolute atomic E-state index is 12.0. The summed E-state index contributed by atoms with van der Waals surface area (Å²) in [6.07, 6.45) is 4.80. The van der Waals surface area contributed by atoms with Gasteiger partial charge in [-0.1, -0.05) is 31.4 Å². The van der Waals surface area contributed by atoms with Crippen molar-refractivity contribution in [2.24, 2.45) is 0 Å². The van der Waals surface area contributed by atoms with Crippen LogP contribution in [0.2, 0.25) is 5.15 Å². The molecule has 80 valence electrons. The highest BCUT2D eigenvalue weighted by Gasteiger charge is 1.86. The lowest BCUT2D eigenvalue weighted by molar-refractivity contribution is 0.621. The molecule has 0 radical (unpaired) electrons. The lowest BCUT2D eigenvalue weighted by Gasteiger charge is -1.84. The lowest BCUT2D eigenvalue weighted by atomic mass is 10.3.